The fourth-order valence-electron chi connectivity index (χ4n) is 3.88. The summed E-state index contributed by atoms with van der Waals surface area (Å²) < 4.78 is 11.3. The van der Waals surface area contributed by atoms with Crippen LogP contribution in [0.5, 0.6) is 11.5 Å². The minimum atomic E-state index is -0.726. The van der Waals surface area contributed by atoms with Crippen molar-refractivity contribution in [3.63, 3.8) is 0 Å². The van der Waals surface area contributed by atoms with Crippen molar-refractivity contribution in [3.05, 3.63) is 88.6 Å². The van der Waals surface area contributed by atoms with E-state index in [1.807, 2.05) is 19.1 Å². The Morgan fingerprint density at radius 2 is 1.68 bits per heavy atom. The lowest BCUT2D eigenvalue weighted by atomic mass is 10.1. The van der Waals surface area contributed by atoms with E-state index in [0.29, 0.717) is 16.9 Å². The number of hydrogen-bond acceptors (Lipinski definition) is 6. The summed E-state index contributed by atoms with van der Waals surface area (Å²) >= 11 is 6.45. The molecule has 0 aromatic heterocycles. The van der Waals surface area contributed by atoms with Crippen LogP contribution in [-0.2, 0) is 14.4 Å². The van der Waals surface area contributed by atoms with Crippen LogP contribution in [0, 0.1) is 6.92 Å². The van der Waals surface area contributed by atoms with Gasteiger partial charge in [0.15, 0.2) is 18.1 Å². The van der Waals surface area contributed by atoms with Crippen LogP contribution in [0.2, 0.25) is 5.02 Å². The number of imide groups is 1. The number of aryl methyl sites for hydroxylation is 1. The zero-order valence-corrected chi connectivity index (χ0v) is 22.6. The Morgan fingerprint density at radius 1 is 0.950 bits per heavy atom. The van der Waals surface area contributed by atoms with Crippen LogP contribution in [0.1, 0.15) is 18.1 Å². The van der Waals surface area contributed by atoms with Crippen LogP contribution in [0.25, 0.3) is 6.08 Å². The van der Waals surface area contributed by atoms with Gasteiger partial charge in [0.25, 0.3) is 11.8 Å². The van der Waals surface area contributed by atoms with Gasteiger partial charge in [-0.3, -0.25) is 14.4 Å². The van der Waals surface area contributed by atoms with E-state index in [9.17, 15) is 19.2 Å². The molecule has 11 heteroatoms. The lowest BCUT2D eigenvalue weighted by molar-refractivity contribution is -0.127. The molecule has 10 nitrogen and oxygen atoms in total. The highest BCUT2D eigenvalue weighted by Gasteiger charge is 2.35. The van der Waals surface area contributed by atoms with Crippen molar-refractivity contribution in [3.8, 4) is 11.5 Å². The maximum Gasteiger partial charge on any atom is 0.329 e. The summed E-state index contributed by atoms with van der Waals surface area (Å²) in [6.45, 7) is 3.16. The normalized spacial score (nSPS) is 13.7. The molecule has 3 aromatic carbocycles. The van der Waals surface area contributed by atoms with E-state index in [-0.39, 0.29) is 41.3 Å². The highest BCUT2D eigenvalue weighted by atomic mass is 35.5. The third-order valence-corrected chi connectivity index (χ3v) is 5.89. The van der Waals surface area contributed by atoms with E-state index in [4.69, 9.17) is 21.1 Å². The Bertz CT molecular complexity index is 1470. The van der Waals surface area contributed by atoms with Crippen molar-refractivity contribution in [1.29, 1.82) is 0 Å². The molecule has 1 heterocycles. The number of carbonyl (C=O) groups excluding carboxylic acids is 4. The van der Waals surface area contributed by atoms with Gasteiger partial charge in [-0.2, -0.15) is 0 Å². The summed E-state index contributed by atoms with van der Waals surface area (Å²) in [4.78, 5) is 51.0. The lowest BCUT2D eigenvalue weighted by Gasteiger charge is -2.14. The second-order valence-electron chi connectivity index (χ2n) is 8.76. The fourth-order valence-corrected chi connectivity index (χ4v) is 4.15. The Hall–Kier alpha value is -4.83. The van der Waals surface area contributed by atoms with Crippen molar-refractivity contribution in [2.45, 2.75) is 13.8 Å². The Morgan fingerprint density at radius 3 is 2.40 bits per heavy atom. The minimum Gasteiger partial charge on any atom is -0.490 e. The Kier molecular flexibility index (Phi) is 9.03. The molecule has 1 fully saturated rings. The molecule has 0 bridgehead atoms. The van der Waals surface area contributed by atoms with Crippen LogP contribution in [0.3, 0.4) is 0 Å². The zero-order valence-electron chi connectivity index (χ0n) is 21.8. The second kappa shape index (κ2) is 12.8. The van der Waals surface area contributed by atoms with Crippen LogP contribution in [0.15, 0.2) is 72.4 Å². The molecule has 0 aliphatic carbocycles. The molecular weight excluding hydrogens is 536 g/mol. The maximum atomic E-state index is 12.9. The molecule has 3 aromatic rings. The highest BCUT2D eigenvalue weighted by molar-refractivity contribution is 6.32. The molecule has 1 aliphatic heterocycles. The highest BCUT2D eigenvalue weighted by Crippen LogP contribution is 2.37. The molecule has 1 aliphatic rings. The van der Waals surface area contributed by atoms with Crippen molar-refractivity contribution >= 4 is 52.8 Å². The standard InChI is InChI=1S/C29H27ClN4O6/c1-3-39-24-15-19(13-22(30)27(24)40-17-26(36)31-20-9-5-4-6-10-20)14-23-28(37)34(29(38)33-23)16-25(35)32-21-11-7-8-18(2)12-21/h4-15H,3,16-17H2,1-2H3,(H,31,36)(H,32,35)(H,33,38)/b23-14+. The monoisotopic (exact) mass is 562 g/mol. The van der Waals surface area contributed by atoms with Crippen LogP contribution in [0.4, 0.5) is 16.2 Å². The molecule has 3 N–H and O–H groups in total. The van der Waals surface area contributed by atoms with E-state index in [0.717, 1.165) is 10.5 Å². The number of ether oxygens (including phenoxy) is 2. The molecule has 40 heavy (non-hydrogen) atoms. The van der Waals surface area contributed by atoms with E-state index < -0.39 is 24.4 Å². The molecule has 0 spiro atoms. The average molecular weight is 563 g/mol. The number of hydrogen-bond donors (Lipinski definition) is 3. The molecule has 0 radical (unpaired) electrons. The number of benzene rings is 3. The number of anilines is 2. The van der Waals surface area contributed by atoms with Crippen molar-refractivity contribution in [1.82, 2.24) is 10.2 Å². The maximum absolute atomic E-state index is 12.9. The van der Waals surface area contributed by atoms with Crippen molar-refractivity contribution in [2.24, 2.45) is 0 Å². The number of nitrogens with one attached hydrogen (secondary N) is 3. The number of urea groups is 1. The average Bonchev–Trinajstić information content (AvgIpc) is 3.16. The van der Waals surface area contributed by atoms with Gasteiger partial charge in [0, 0.05) is 11.4 Å². The number of nitrogens with zero attached hydrogens (tertiary/aromatic N) is 1. The SMILES string of the molecule is CCOc1cc(/C=C2/NC(=O)N(CC(=O)Nc3cccc(C)c3)C2=O)cc(Cl)c1OCC(=O)Nc1ccccc1. The Labute approximate surface area is 235 Å². The Balaban J connectivity index is 1.45. The molecule has 206 valence electrons. The molecule has 5 amide bonds. The van der Waals surface area contributed by atoms with Gasteiger partial charge in [-0.05, 0) is 67.4 Å². The topological polar surface area (TPSA) is 126 Å². The van der Waals surface area contributed by atoms with Crippen molar-refractivity contribution in [2.75, 3.05) is 30.4 Å². The molecule has 0 atom stereocenters. The molecule has 4 rings (SSSR count). The first-order valence-corrected chi connectivity index (χ1v) is 12.8. The summed E-state index contributed by atoms with van der Waals surface area (Å²) in [6.07, 6.45) is 1.42. The molecule has 0 unspecified atom stereocenters. The summed E-state index contributed by atoms with van der Waals surface area (Å²) in [5, 5.41) is 8.01. The molecular formula is C29H27ClN4O6. The predicted molar refractivity (Wildman–Crippen MR) is 151 cm³/mol. The van der Waals surface area contributed by atoms with Gasteiger partial charge in [0.05, 0.1) is 11.6 Å². The minimum absolute atomic E-state index is 0.0391. The fraction of sp³-hybridized carbons (Fsp3) is 0.172. The van der Waals surface area contributed by atoms with Crippen LogP contribution in [-0.4, -0.2) is 48.4 Å². The van der Waals surface area contributed by atoms with Crippen molar-refractivity contribution < 1.29 is 28.7 Å². The number of halogens is 1. The third kappa shape index (κ3) is 7.17. The van der Waals surface area contributed by atoms with Crippen LogP contribution < -0.4 is 25.4 Å². The van der Waals surface area contributed by atoms with Gasteiger partial charge >= 0.3 is 6.03 Å². The first kappa shape index (κ1) is 28.2. The molecule has 0 saturated carbocycles. The van der Waals surface area contributed by atoms with E-state index >= 15 is 0 Å². The van der Waals surface area contributed by atoms with E-state index in [1.165, 1.54) is 12.1 Å². The van der Waals surface area contributed by atoms with Gasteiger partial charge in [-0.25, -0.2) is 9.69 Å². The van der Waals surface area contributed by atoms with Gasteiger partial charge in [-0.15, -0.1) is 0 Å². The van der Waals surface area contributed by atoms with Gasteiger partial charge in [-0.1, -0.05) is 41.9 Å². The number of amides is 5. The predicted octanol–water partition coefficient (Wildman–Crippen LogP) is 4.60. The first-order valence-electron chi connectivity index (χ1n) is 12.4. The number of para-hydroxylation sites is 1. The smallest absolute Gasteiger partial charge is 0.329 e. The first-order chi connectivity index (χ1) is 19.2. The number of rotatable bonds is 10. The van der Waals surface area contributed by atoms with Crippen LogP contribution >= 0.6 is 11.6 Å². The zero-order chi connectivity index (χ0) is 28.6. The summed E-state index contributed by atoms with van der Waals surface area (Å²) in [6, 6.07) is 18.4. The number of carbonyl (C=O) groups is 4. The van der Waals surface area contributed by atoms with Gasteiger partial charge in [0.2, 0.25) is 5.91 Å². The largest absolute Gasteiger partial charge is 0.490 e. The summed E-state index contributed by atoms with van der Waals surface area (Å²) in [5.74, 6) is -1.17. The quantitative estimate of drug-likeness (QED) is 0.245. The van der Waals surface area contributed by atoms with E-state index in [1.54, 1.807) is 55.5 Å². The van der Waals surface area contributed by atoms with Gasteiger partial charge in [0.1, 0.15) is 12.2 Å². The summed E-state index contributed by atoms with van der Waals surface area (Å²) in [5.41, 5.74) is 2.53. The van der Waals surface area contributed by atoms with E-state index in [2.05, 4.69) is 16.0 Å². The van der Waals surface area contributed by atoms with Gasteiger partial charge < -0.3 is 25.4 Å². The summed E-state index contributed by atoms with van der Waals surface area (Å²) in [7, 11) is 0. The second-order valence-corrected chi connectivity index (χ2v) is 9.17. The third-order valence-electron chi connectivity index (χ3n) is 5.61. The molecule has 1 saturated heterocycles. The lowest BCUT2D eigenvalue weighted by Crippen LogP contribution is -2.38.